The van der Waals surface area contributed by atoms with Gasteiger partial charge in [0.2, 0.25) is 0 Å². The molecule has 0 fully saturated rings. The van der Waals surface area contributed by atoms with Gasteiger partial charge in [-0.2, -0.15) is 0 Å². The molecule has 118 valence electrons. The summed E-state index contributed by atoms with van der Waals surface area (Å²) in [6, 6.07) is 2.84. The van der Waals surface area contributed by atoms with Crippen molar-refractivity contribution in [2.24, 2.45) is 0 Å². The number of aromatic hydroxyl groups is 2. The van der Waals surface area contributed by atoms with Crippen LogP contribution in [-0.4, -0.2) is 23.1 Å². The summed E-state index contributed by atoms with van der Waals surface area (Å²) in [6.45, 7) is 2.17. The highest BCUT2D eigenvalue weighted by Gasteiger charge is 2.10. The van der Waals surface area contributed by atoms with Crippen LogP contribution in [0.3, 0.4) is 0 Å². The van der Waals surface area contributed by atoms with Crippen molar-refractivity contribution in [2.45, 2.75) is 58.3 Å². The summed E-state index contributed by atoms with van der Waals surface area (Å²) in [4.78, 5) is 11.8. The van der Waals surface area contributed by atoms with E-state index in [-0.39, 0.29) is 23.0 Å². The van der Waals surface area contributed by atoms with Gasteiger partial charge in [0.05, 0.1) is 7.11 Å². The zero-order valence-electron chi connectivity index (χ0n) is 13.0. The Labute approximate surface area is 126 Å². The lowest BCUT2D eigenvalue weighted by Crippen LogP contribution is -2.00. The summed E-state index contributed by atoms with van der Waals surface area (Å²) in [5, 5.41) is 19.5. The van der Waals surface area contributed by atoms with E-state index in [2.05, 4.69) is 6.92 Å². The molecule has 0 spiro atoms. The third-order valence-electron chi connectivity index (χ3n) is 3.61. The van der Waals surface area contributed by atoms with E-state index in [9.17, 15) is 15.0 Å². The molecule has 2 N–H and O–H groups in total. The molecule has 1 aromatic carbocycles. The molecule has 0 aliphatic heterocycles. The molecule has 21 heavy (non-hydrogen) atoms. The fraction of sp³-hybridized carbons (Fsp3) is 0.588. The summed E-state index contributed by atoms with van der Waals surface area (Å²) in [5.41, 5.74) is 0.577. The Bertz CT molecular complexity index is 454. The quantitative estimate of drug-likeness (QED) is 0.506. The van der Waals surface area contributed by atoms with Crippen molar-refractivity contribution in [3.8, 4) is 17.2 Å². The average molecular weight is 294 g/mol. The molecule has 0 heterocycles. The maximum atomic E-state index is 11.8. The molecule has 4 nitrogen and oxygen atoms in total. The fourth-order valence-corrected chi connectivity index (χ4v) is 2.29. The summed E-state index contributed by atoms with van der Waals surface area (Å²) in [7, 11) is 1.43. The molecule has 0 atom stereocenters. The number of phenols is 2. The van der Waals surface area contributed by atoms with E-state index in [1.807, 2.05) is 0 Å². The Hall–Kier alpha value is -1.71. The largest absolute Gasteiger partial charge is 0.508 e. The van der Waals surface area contributed by atoms with Crippen molar-refractivity contribution in [1.82, 2.24) is 0 Å². The number of carbonyl (C=O) groups excluding carboxylic acids is 1. The second-order valence-electron chi connectivity index (χ2n) is 5.36. The van der Waals surface area contributed by atoms with Crippen molar-refractivity contribution in [2.75, 3.05) is 7.11 Å². The minimum atomic E-state index is -0.0164. The lowest BCUT2D eigenvalue weighted by Gasteiger charge is -2.09. The number of Topliss-reactive ketones (excluding diaryl/α,β-unsaturated/α-hetero) is 1. The fourth-order valence-electron chi connectivity index (χ4n) is 2.29. The molecule has 0 bridgehead atoms. The van der Waals surface area contributed by atoms with Crippen molar-refractivity contribution < 1.29 is 19.7 Å². The van der Waals surface area contributed by atoms with Gasteiger partial charge in [-0.25, -0.2) is 0 Å². The van der Waals surface area contributed by atoms with Crippen LogP contribution in [0.5, 0.6) is 17.2 Å². The van der Waals surface area contributed by atoms with E-state index in [0.717, 1.165) is 12.8 Å². The highest BCUT2D eigenvalue weighted by Crippen LogP contribution is 2.33. The van der Waals surface area contributed by atoms with E-state index >= 15 is 0 Å². The summed E-state index contributed by atoms with van der Waals surface area (Å²) >= 11 is 0. The van der Waals surface area contributed by atoms with Gasteiger partial charge in [0.15, 0.2) is 11.5 Å². The van der Waals surface area contributed by atoms with Crippen LogP contribution >= 0.6 is 0 Å². The maximum Gasteiger partial charge on any atom is 0.164 e. The SMILES string of the molecule is CCCCCCCC(=O)CCc1cc(O)c(OC)cc1O. The minimum Gasteiger partial charge on any atom is -0.508 e. The number of methoxy groups -OCH3 is 1. The Balaban J connectivity index is 2.37. The van der Waals surface area contributed by atoms with Gasteiger partial charge in [-0.15, -0.1) is 0 Å². The molecule has 0 aromatic heterocycles. The van der Waals surface area contributed by atoms with Crippen LogP contribution < -0.4 is 4.74 Å². The molecule has 0 saturated carbocycles. The van der Waals surface area contributed by atoms with Crippen molar-refractivity contribution in [3.63, 3.8) is 0 Å². The standard InChI is InChI=1S/C17H26O4/c1-3-4-5-6-7-8-14(18)10-9-13-11-16(20)17(21-2)12-15(13)19/h11-12,19-20H,3-10H2,1-2H3. The monoisotopic (exact) mass is 294 g/mol. The summed E-state index contributed by atoms with van der Waals surface area (Å²) in [5.74, 6) is 0.484. The predicted molar refractivity (Wildman–Crippen MR) is 83.0 cm³/mol. The second kappa shape index (κ2) is 9.27. The topological polar surface area (TPSA) is 66.8 Å². The summed E-state index contributed by atoms with van der Waals surface area (Å²) < 4.78 is 4.91. The number of benzene rings is 1. The lowest BCUT2D eigenvalue weighted by atomic mass is 10.0. The van der Waals surface area contributed by atoms with Crippen molar-refractivity contribution in [3.05, 3.63) is 17.7 Å². The molecule has 0 unspecified atom stereocenters. The number of unbranched alkanes of at least 4 members (excludes halogenated alkanes) is 4. The number of ether oxygens (including phenoxy) is 1. The van der Waals surface area contributed by atoms with Gasteiger partial charge in [-0.1, -0.05) is 32.6 Å². The third kappa shape index (κ3) is 6.06. The lowest BCUT2D eigenvalue weighted by molar-refractivity contribution is -0.119. The van der Waals surface area contributed by atoms with E-state index < -0.39 is 0 Å². The first-order chi connectivity index (χ1) is 10.1. The van der Waals surface area contributed by atoms with Crippen LogP contribution in [0.15, 0.2) is 12.1 Å². The van der Waals surface area contributed by atoms with Gasteiger partial charge in [-0.3, -0.25) is 4.79 Å². The molecule has 0 aliphatic carbocycles. The third-order valence-corrected chi connectivity index (χ3v) is 3.61. The number of carbonyl (C=O) groups is 1. The average Bonchev–Trinajstić information content (AvgIpc) is 2.47. The van der Waals surface area contributed by atoms with Gasteiger partial charge in [0, 0.05) is 18.9 Å². The van der Waals surface area contributed by atoms with Crippen LogP contribution in [0.4, 0.5) is 0 Å². The van der Waals surface area contributed by atoms with E-state index in [4.69, 9.17) is 4.74 Å². The van der Waals surface area contributed by atoms with Crippen molar-refractivity contribution in [1.29, 1.82) is 0 Å². The predicted octanol–water partition coefficient (Wildman–Crippen LogP) is 3.97. The molecule has 0 saturated heterocycles. The Kier molecular flexibility index (Phi) is 7.65. The molecule has 0 aliphatic rings. The Morgan fingerprint density at radius 1 is 1.05 bits per heavy atom. The number of ketones is 1. The van der Waals surface area contributed by atoms with E-state index in [0.29, 0.717) is 24.8 Å². The highest BCUT2D eigenvalue weighted by molar-refractivity contribution is 5.78. The molecule has 1 rings (SSSR count). The van der Waals surface area contributed by atoms with Gasteiger partial charge < -0.3 is 14.9 Å². The molecule has 0 radical (unpaired) electrons. The maximum absolute atomic E-state index is 11.8. The smallest absolute Gasteiger partial charge is 0.164 e. The number of rotatable bonds is 10. The molecule has 0 amide bonds. The number of hydrogen-bond acceptors (Lipinski definition) is 4. The first-order valence-electron chi connectivity index (χ1n) is 7.69. The van der Waals surface area contributed by atoms with Gasteiger partial charge >= 0.3 is 0 Å². The number of phenolic OH excluding ortho intramolecular Hbond substituents is 2. The van der Waals surface area contributed by atoms with E-state index in [1.165, 1.54) is 38.5 Å². The van der Waals surface area contributed by atoms with Crippen LogP contribution in [0.25, 0.3) is 0 Å². The van der Waals surface area contributed by atoms with Crippen molar-refractivity contribution >= 4 is 5.78 Å². The summed E-state index contributed by atoms with van der Waals surface area (Å²) in [6.07, 6.45) is 7.11. The van der Waals surface area contributed by atoms with Gasteiger partial charge in [0.1, 0.15) is 11.5 Å². The first-order valence-corrected chi connectivity index (χ1v) is 7.69. The molecule has 4 heteroatoms. The van der Waals surface area contributed by atoms with Crippen LogP contribution in [0, 0.1) is 0 Å². The zero-order valence-corrected chi connectivity index (χ0v) is 13.0. The van der Waals surface area contributed by atoms with Crippen LogP contribution in [-0.2, 0) is 11.2 Å². The number of aryl methyl sites for hydroxylation is 1. The van der Waals surface area contributed by atoms with Crippen LogP contribution in [0.1, 0.15) is 57.4 Å². The Morgan fingerprint density at radius 2 is 1.76 bits per heavy atom. The Morgan fingerprint density at radius 3 is 2.43 bits per heavy atom. The zero-order chi connectivity index (χ0) is 15.7. The van der Waals surface area contributed by atoms with Gasteiger partial charge in [-0.05, 0) is 24.5 Å². The second-order valence-corrected chi connectivity index (χ2v) is 5.36. The number of hydrogen-bond donors (Lipinski definition) is 2. The first kappa shape index (κ1) is 17.3. The van der Waals surface area contributed by atoms with E-state index in [1.54, 1.807) is 0 Å². The minimum absolute atomic E-state index is 0.0164. The molecular formula is C17H26O4. The molecular weight excluding hydrogens is 268 g/mol. The molecule has 1 aromatic rings. The normalized spacial score (nSPS) is 10.6. The highest BCUT2D eigenvalue weighted by atomic mass is 16.5. The van der Waals surface area contributed by atoms with Gasteiger partial charge in [0.25, 0.3) is 0 Å². The van der Waals surface area contributed by atoms with Crippen LogP contribution in [0.2, 0.25) is 0 Å².